The van der Waals surface area contributed by atoms with E-state index in [0.717, 1.165) is 0 Å². The molecule has 0 aliphatic carbocycles. The number of nitrogens with one attached hydrogen (secondary N) is 1. The van der Waals surface area contributed by atoms with Crippen LogP contribution >= 0.6 is 0 Å². The molecule has 0 saturated carbocycles. The second-order valence-corrected chi connectivity index (χ2v) is 3.90. The van der Waals surface area contributed by atoms with Gasteiger partial charge in [-0.25, -0.2) is 4.79 Å². The number of amides is 1. The topological polar surface area (TPSA) is 115 Å². The Bertz CT molecular complexity index is 419. The number of carboxylic acid groups (broad SMARTS) is 1. The van der Waals surface area contributed by atoms with E-state index in [2.05, 4.69) is 15.5 Å². The van der Waals surface area contributed by atoms with E-state index in [1.54, 1.807) is 0 Å². The second kappa shape index (κ2) is 5.58. The highest BCUT2D eigenvalue weighted by molar-refractivity contribution is 5.82. The standard InChI is InChI=1S/C10H13N3O5/c14-9(6-1-2-7(17-6)10(15)16)11-4-3-8-12-5-13-18-8/h5-7H,1-4H2,(H,11,14)(H,15,16). The molecule has 2 atom stereocenters. The molecule has 0 bridgehead atoms. The van der Waals surface area contributed by atoms with Gasteiger partial charge in [-0.2, -0.15) is 4.98 Å². The molecule has 0 radical (unpaired) electrons. The van der Waals surface area contributed by atoms with Gasteiger partial charge in [0.2, 0.25) is 11.8 Å². The van der Waals surface area contributed by atoms with E-state index in [-0.39, 0.29) is 5.91 Å². The molecular formula is C10H13N3O5. The smallest absolute Gasteiger partial charge is 0.332 e. The van der Waals surface area contributed by atoms with Crippen molar-refractivity contribution in [1.82, 2.24) is 15.5 Å². The van der Waals surface area contributed by atoms with Gasteiger partial charge in [-0.1, -0.05) is 5.16 Å². The number of rotatable bonds is 5. The van der Waals surface area contributed by atoms with Crippen LogP contribution in [0.15, 0.2) is 10.9 Å². The number of hydrogen-bond donors (Lipinski definition) is 2. The number of nitrogens with zero attached hydrogens (tertiary/aromatic N) is 2. The highest BCUT2D eigenvalue weighted by atomic mass is 16.5. The van der Waals surface area contributed by atoms with Gasteiger partial charge in [0.25, 0.3) is 0 Å². The van der Waals surface area contributed by atoms with Crippen molar-refractivity contribution in [1.29, 1.82) is 0 Å². The monoisotopic (exact) mass is 255 g/mol. The molecule has 0 spiro atoms. The maximum absolute atomic E-state index is 11.6. The number of carbonyl (C=O) groups excluding carboxylic acids is 1. The van der Waals surface area contributed by atoms with E-state index in [0.29, 0.717) is 31.7 Å². The average Bonchev–Trinajstić information content (AvgIpc) is 2.99. The second-order valence-electron chi connectivity index (χ2n) is 3.90. The summed E-state index contributed by atoms with van der Waals surface area (Å²) in [5.74, 6) is -0.902. The summed E-state index contributed by atoms with van der Waals surface area (Å²) in [6, 6.07) is 0. The molecule has 8 heteroatoms. The third-order valence-electron chi connectivity index (χ3n) is 2.63. The number of ether oxygens (including phenoxy) is 1. The maximum Gasteiger partial charge on any atom is 0.332 e. The van der Waals surface area contributed by atoms with E-state index >= 15 is 0 Å². The highest BCUT2D eigenvalue weighted by Gasteiger charge is 2.34. The number of carbonyl (C=O) groups is 2. The van der Waals surface area contributed by atoms with Crippen LogP contribution in [0.2, 0.25) is 0 Å². The Hall–Kier alpha value is -1.96. The summed E-state index contributed by atoms with van der Waals surface area (Å²) in [6.45, 7) is 0.346. The lowest BCUT2D eigenvalue weighted by Crippen LogP contribution is -2.36. The van der Waals surface area contributed by atoms with Crippen molar-refractivity contribution in [2.45, 2.75) is 31.5 Å². The predicted molar refractivity (Wildman–Crippen MR) is 56.5 cm³/mol. The molecule has 1 aromatic rings. The third kappa shape index (κ3) is 3.04. The Labute approximate surface area is 102 Å². The minimum absolute atomic E-state index is 0.307. The Balaban J connectivity index is 1.71. The molecule has 0 aromatic carbocycles. The molecule has 98 valence electrons. The van der Waals surface area contributed by atoms with Crippen molar-refractivity contribution in [2.24, 2.45) is 0 Å². The molecule has 2 N–H and O–H groups in total. The number of aliphatic carboxylic acids is 1. The molecule has 1 fully saturated rings. The Morgan fingerprint density at radius 1 is 1.44 bits per heavy atom. The fourth-order valence-corrected chi connectivity index (χ4v) is 1.72. The largest absolute Gasteiger partial charge is 0.479 e. The molecule has 1 amide bonds. The lowest BCUT2D eigenvalue weighted by Gasteiger charge is -2.10. The van der Waals surface area contributed by atoms with Crippen molar-refractivity contribution in [3.63, 3.8) is 0 Å². The highest BCUT2D eigenvalue weighted by Crippen LogP contribution is 2.19. The first kappa shape index (κ1) is 12.5. The molecule has 18 heavy (non-hydrogen) atoms. The van der Waals surface area contributed by atoms with Crippen LogP contribution in [0.3, 0.4) is 0 Å². The summed E-state index contributed by atoms with van der Waals surface area (Å²) in [7, 11) is 0. The van der Waals surface area contributed by atoms with Crippen LogP contribution in [0.4, 0.5) is 0 Å². The molecule has 1 aliphatic heterocycles. The first-order valence-corrected chi connectivity index (χ1v) is 5.58. The summed E-state index contributed by atoms with van der Waals surface area (Å²) in [6.07, 6.45) is 0.932. The van der Waals surface area contributed by atoms with E-state index in [4.69, 9.17) is 14.4 Å². The van der Waals surface area contributed by atoms with Crippen molar-refractivity contribution in [3.8, 4) is 0 Å². The summed E-state index contributed by atoms with van der Waals surface area (Å²) < 4.78 is 9.88. The van der Waals surface area contributed by atoms with Crippen LogP contribution in [0.1, 0.15) is 18.7 Å². The zero-order valence-electron chi connectivity index (χ0n) is 9.54. The predicted octanol–water partition coefficient (Wildman–Crippen LogP) is -0.640. The van der Waals surface area contributed by atoms with Crippen LogP contribution < -0.4 is 5.32 Å². The van der Waals surface area contributed by atoms with E-state index in [1.807, 2.05) is 0 Å². The van der Waals surface area contributed by atoms with Gasteiger partial charge in [0.15, 0.2) is 12.4 Å². The summed E-state index contributed by atoms with van der Waals surface area (Å²) in [5.41, 5.74) is 0. The average molecular weight is 255 g/mol. The Morgan fingerprint density at radius 3 is 2.83 bits per heavy atom. The number of carboxylic acids is 1. The summed E-state index contributed by atoms with van der Waals surface area (Å²) in [4.78, 5) is 26.1. The maximum atomic E-state index is 11.6. The van der Waals surface area contributed by atoms with Crippen LogP contribution in [0, 0.1) is 0 Å². The molecule has 2 unspecified atom stereocenters. The van der Waals surface area contributed by atoms with Crippen molar-refractivity contribution >= 4 is 11.9 Å². The minimum atomic E-state index is -1.03. The first-order chi connectivity index (χ1) is 8.66. The first-order valence-electron chi connectivity index (χ1n) is 5.58. The third-order valence-corrected chi connectivity index (χ3v) is 2.63. The summed E-state index contributed by atoms with van der Waals surface area (Å²) >= 11 is 0. The lowest BCUT2D eigenvalue weighted by molar-refractivity contribution is -0.151. The Kier molecular flexibility index (Phi) is 3.88. The molecule has 1 aromatic heterocycles. The molecule has 2 rings (SSSR count). The van der Waals surface area contributed by atoms with Crippen molar-refractivity contribution in [2.75, 3.05) is 6.54 Å². The van der Waals surface area contributed by atoms with Gasteiger partial charge in [0.1, 0.15) is 6.10 Å². The van der Waals surface area contributed by atoms with Gasteiger partial charge in [-0.15, -0.1) is 0 Å². The van der Waals surface area contributed by atoms with Gasteiger partial charge >= 0.3 is 5.97 Å². The Morgan fingerprint density at radius 2 is 2.22 bits per heavy atom. The van der Waals surface area contributed by atoms with E-state index in [9.17, 15) is 9.59 Å². The lowest BCUT2D eigenvalue weighted by atomic mass is 10.2. The number of hydrogen-bond acceptors (Lipinski definition) is 6. The van der Waals surface area contributed by atoms with Gasteiger partial charge in [0, 0.05) is 13.0 Å². The molecule has 1 aliphatic rings. The van der Waals surface area contributed by atoms with E-state index < -0.39 is 18.2 Å². The van der Waals surface area contributed by atoms with Crippen LogP contribution in [0.5, 0.6) is 0 Å². The molecule has 1 saturated heterocycles. The van der Waals surface area contributed by atoms with Gasteiger partial charge < -0.3 is 19.7 Å². The van der Waals surface area contributed by atoms with Crippen LogP contribution in [-0.2, 0) is 20.7 Å². The zero-order chi connectivity index (χ0) is 13.0. The zero-order valence-corrected chi connectivity index (χ0v) is 9.54. The van der Waals surface area contributed by atoms with Crippen LogP contribution in [-0.4, -0.2) is 45.9 Å². The fraction of sp³-hybridized carbons (Fsp3) is 0.600. The molecule has 8 nitrogen and oxygen atoms in total. The van der Waals surface area contributed by atoms with Crippen molar-refractivity contribution in [3.05, 3.63) is 12.2 Å². The summed E-state index contributed by atoms with van der Waals surface area (Å²) in [5, 5.41) is 14.8. The quantitative estimate of drug-likeness (QED) is 0.719. The van der Waals surface area contributed by atoms with Gasteiger partial charge in [-0.3, -0.25) is 4.79 Å². The fourth-order valence-electron chi connectivity index (χ4n) is 1.72. The van der Waals surface area contributed by atoms with Crippen molar-refractivity contribution < 1.29 is 24.0 Å². The SMILES string of the molecule is O=C(O)C1CCC(C(=O)NCCc2ncno2)O1. The molecule has 2 heterocycles. The normalized spacial score (nSPS) is 22.9. The van der Waals surface area contributed by atoms with Crippen LogP contribution in [0.25, 0.3) is 0 Å². The van der Waals surface area contributed by atoms with E-state index in [1.165, 1.54) is 6.33 Å². The van der Waals surface area contributed by atoms with Gasteiger partial charge in [-0.05, 0) is 12.8 Å². The van der Waals surface area contributed by atoms with Gasteiger partial charge in [0.05, 0.1) is 0 Å². The minimum Gasteiger partial charge on any atom is -0.479 e. The number of aromatic nitrogens is 2. The molecular weight excluding hydrogens is 242 g/mol.